The van der Waals surface area contributed by atoms with Gasteiger partial charge in [0.05, 0.1) is 11.4 Å². The topological polar surface area (TPSA) is 93.0 Å². The number of carbonyl (C=O) groups is 2. The Balaban J connectivity index is 1.66. The van der Waals surface area contributed by atoms with Gasteiger partial charge in [-0.15, -0.1) is 21.5 Å². The number of hydrogen-bond acceptors (Lipinski definition) is 6. The Morgan fingerprint density at radius 1 is 1.48 bits per heavy atom. The fourth-order valence-electron chi connectivity index (χ4n) is 2.05. The van der Waals surface area contributed by atoms with Crippen molar-refractivity contribution >= 4 is 23.2 Å². The van der Waals surface area contributed by atoms with Gasteiger partial charge in [0.2, 0.25) is 17.6 Å². The zero-order chi connectivity index (χ0) is 14.7. The van der Waals surface area contributed by atoms with Gasteiger partial charge in [0, 0.05) is 13.1 Å². The number of nitrogens with zero attached hydrogens (tertiary/aromatic N) is 5. The van der Waals surface area contributed by atoms with Crippen molar-refractivity contribution in [1.82, 2.24) is 30.4 Å². The molecule has 21 heavy (non-hydrogen) atoms. The van der Waals surface area contributed by atoms with Crippen molar-refractivity contribution < 1.29 is 9.59 Å². The van der Waals surface area contributed by atoms with Gasteiger partial charge in [-0.1, -0.05) is 6.07 Å². The number of rotatable bonds is 3. The number of carbonyl (C=O) groups excluding carboxylic acids is 2. The van der Waals surface area contributed by atoms with Gasteiger partial charge in [0.15, 0.2) is 0 Å². The fraction of sp³-hybridized carbons (Fsp3) is 0.417. The summed E-state index contributed by atoms with van der Waals surface area (Å²) in [5, 5.41) is 16.7. The third-order valence-corrected chi connectivity index (χ3v) is 3.95. The molecule has 3 rings (SSSR count). The molecule has 3 heterocycles. The van der Waals surface area contributed by atoms with E-state index in [1.807, 2.05) is 17.5 Å². The van der Waals surface area contributed by atoms with E-state index in [2.05, 4.69) is 20.7 Å². The van der Waals surface area contributed by atoms with Crippen LogP contribution in [0.4, 0.5) is 0 Å². The second kappa shape index (κ2) is 6.00. The van der Waals surface area contributed by atoms with Crippen LogP contribution in [0.15, 0.2) is 17.5 Å². The van der Waals surface area contributed by atoms with Crippen molar-refractivity contribution in [2.75, 3.05) is 19.6 Å². The zero-order valence-electron chi connectivity index (χ0n) is 11.2. The molecular formula is C12H14N6O2S. The molecule has 0 unspecified atom stereocenters. The van der Waals surface area contributed by atoms with Gasteiger partial charge < -0.3 is 10.2 Å². The zero-order valence-corrected chi connectivity index (χ0v) is 12.0. The van der Waals surface area contributed by atoms with Crippen molar-refractivity contribution in [3.05, 3.63) is 17.5 Å². The van der Waals surface area contributed by atoms with Crippen molar-refractivity contribution in [3.8, 4) is 10.7 Å². The van der Waals surface area contributed by atoms with E-state index in [4.69, 9.17) is 0 Å². The summed E-state index contributed by atoms with van der Waals surface area (Å²) in [7, 11) is 0. The molecule has 1 N–H and O–H groups in total. The molecule has 1 saturated heterocycles. The number of nitrogens with one attached hydrogen (secondary N) is 1. The molecule has 1 fully saturated rings. The third kappa shape index (κ3) is 3.24. The molecule has 0 spiro atoms. The summed E-state index contributed by atoms with van der Waals surface area (Å²) in [5.74, 6) is 0.195. The fourth-order valence-corrected chi connectivity index (χ4v) is 2.70. The standard InChI is InChI=1S/C12H14N6O2S/c19-10-7-17(5-2-4-13-10)11(20)8-18-15-12(14-16-18)9-3-1-6-21-9/h1,3,6H,2,4-5,7-8H2,(H,13,19). The van der Waals surface area contributed by atoms with Crippen LogP contribution in [-0.2, 0) is 16.1 Å². The highest BCUT2D eigenvalue weighted by atomic mass is 32.1. The second-order valence-electron chi connectivity index (χ2n) is 4.64. The third-order valence-electron chi connectivity index (χ3n) is 3.09. The highest BCUT2D eigenvalue weighted by Gasteiger charge is 2.20. The Morgan fingerprint density at radius 2 is 2.38 bits per heavy atom. The van der Waals surface area contributed by atoms with E-state index in [-0.39, 0.29) is 24.9 Å². The van der Waals surface area contributed by atoms with Crippen LogP contribution in [0.25, 0.3) is 10.7 Å². The number of amides is 2. The lowest BCUT2D eigenvalue weighted by atomic mass is 10.4. The van der Waals surface area contributed by atoms with Crippen LogP contribution in [0.2, 0.25) is 0 Å². The van der Waals surface area contributed by atoms with E-state index in [1.165, 1.54) is 21.0 Å². The van der Waals surface area contributed by atoms with Gasteiger partial charge in [0.1, 0.15) is 6.54 Å². The van der Waals surface area contributed by atoms with Crippen LogP contribution < -0.4 is 5.32 Å². The molecular weight excluding hydrogens is 292 g/mol. The predicted molar refractivity (Wildman–Crippen MR) is 75.3 cm³/mol. The smallest absolute Gasteiger partial charge is 0.246 e. The Morgan fingerprint density at radius 3 is 3.19 bits per heavy atom. The average molecular weight is 306 g/mol. The van der Waals surface area contributed by atoms with Gasteiger partial charge in [0.25, 0.3) is 0 Å². The van der Waals surface area contributed by atoms with Gasteiger partial charge in [-0.05, 0) is 23.1 Å². The summed E-state index contributed by atoms with van der Waals surface area (Å²) in [6.45, 7) is 1.24. The first-order chi connectivity index (χ1) is 10.2. The van der Waals surface area contributed by atoms with Gasteiger partial charge in [-0.3, -0.25) is 9.59 Å². The van der Waals surface area contributed by atoms with Gasteiger partial charge in [-0.25, -0.2) is 0 Å². The minimum Gasteiger partial charge on any atom is -0.354 e. The Labute approximate surface area is 124 Å². The lowest BCUT2D eigenvalue weighted by Gasteiger charge is -2.18. The van der Waals surface area contributed by atoms with Crippen molar-refractivity contribution in [3.63, 3.8) is 0 Å². The SMILES string of the molecule is O=C1CN(C(=O)Cn2nnc(-c3cccs3)n2)CCCN1. The van der Waals surface area contributed by atoms with Crippen LogP contribution in [0.5, 0.6) is 0 Å². The summed E-state index contributed by atoms with van der Waals surface area (Å²) in [4.78, 5) is 27.3. The molecule has 0 atom stereocenters. The number of thiophene rings is 1. The Hall–Kier alpha value is -2.29. The molecule has 1 aliphatic heterocycles. The molecule has 0 aromatic carbocycles. The average Bonchev–Trinajstić information content (AvgIpc) is 3.08. The summed E-state index contributed by atoms with van der Waals surface area (Å²) in [5.41, 5.74) is 0. The summed E-state index contributed by atoms with van der Waals surface area (Å²) in [6.07, 6.45) is 0.753. The quantitative estimate of drug-likeness (QED) is 0.844. The molecule has 0 aliphatic carbocycles. The van der Waals surface area contributed by atoms with Crippen LogP contribution >= 0.6 is 11.3 Å². The molecule has 2 amide bonds. The first-order valence-electron chi connectivity index (χ1n) is 6.58. The lowest BCUT2D eigenvalue weighted by Crippen LogP contribution is -2.39. The monoisotopic (exact) mass is 306 g/mol. The van der Waals surface area contributed by atoms with Crippen LogP contribution in [0, 0.1) is 0 Å². The van der Waals surface area contributed by atoms with Crippen LogP contribution in [-0.4, -0.2) is 56.6 Å². The second-order valence-corrected chi connectivity index (χ2v) is 5.59. The maximum absolute atomic E-state index is 12.2. The molecule has 0 bridgehead atoms. The van der Waals surface area contributed by atoms with Crippen molar-refractivity contribution in [1.29, 1.82) is 0 Å². The molecule has 2 aromatic heterocycles. The highest BCUT2D eigenvalue weighted by Crippen LogP contribution is 2.19. The van der Waals surface area contributed by atoms with Crippen LogP contribution in [0.3, 0.4) is 0 Å². The highest BCUT2D eigenvalue weighted by molar-refractivity contribution is 7.13. The van der Waals surface area contributed by atoms with E-state index in [0.717, 1.165) is 11.3 Å². The van der Waals surface area contributed by atoms with Gasteiger partial charge >= 0.3 is 0 Å². The molecule has 8 nitrogen and oxygen atoms in total. The van der Waals surface area contributed by atoms with E-state index < -0.39 is 0 Å². The number of hydrogen-bond donors (Lipinski definition) is 1. The first-order valence-corrected chi connectivity index (χ1v) is 7.46. The largest absolute Gasteiger partial charge is 0.354 e. The minimum atomic E-state index is -0.179. The van der Waals surface area contributed by atoms with Crippen molar-refractivity contribution in [2.45, 2.75) is 13.0 Å². The number of aromatic nitrogens is 4. The normalized spacial score (nSPS) is 15.6. The van der Waals surface area contributed by atoms with E-state index >= 15 is 0 Å². The number of tetrazole rings is 1. The maximum Gasteiger partial charge on any atom is 0.246 e. The Kier molecular flexibility index (Phi) is 3.91. The van der Waals surface area contributed by atoms with Gasteiger partial charge in [-0.2, -0.15) is 4.80 Å². The predicted octanol–water partition coefficient (Wildman–Crippen LogP) is -0.250. The molecule has 110 valence electrons. The summed E-state index contributed by atoms with van der Waals surface area (Å²) >= 11 is 1.51. The van der Waals surface area contributed by atoms with Crippen molar-refractivity contribution in [2.24, 2.45) is 0 Å². The van der Waals surface area contributed by atoms with Crippen LogP contribution in [0.1, 0.15) is 6.42 Å². The van der Waals surface area contributed by atoms with E-state index in [1.54, 1.807) is 0 Å². The van der Waals surface area contributed by atoms with E-state index in [0.29, 0.717) is 18.9 Å². The molecule has 0 radical (unpaired) electrons. The molecule has 9 heteroatoms. The molecule has 2 aromatic rings. The van der Waals surface area contributed by atoms with E-state index in [9.17, 15) is 9.59 Å². The first kappa shape index (κ1) is 13.7. The summed E-state index contributed by atoms with van der Waals surface area (Å²) < 4.78 is 0. The molecule has 0 saturated carbocycles. The Bertz CT molecular complexity index is 638. The maximum atomic E-state index is 12.2. The molecule has 1 aliphatic rings. The summed E-state index contributed by atoms with van der Waals surface area (Å²) in [6, 6.07) is 3.80. The lowest BCUT2D eigenvalue weighted by molar-refractivity contribution is -0.136. The minimum absolute atomic E-state index is 0.00828.